The van der Waals surface area contributed by atoms with Crippen LogP contribution in [0.1, 0.15) is 10.4 Å². The zero-order valence-electron chi connectivity index (χ0n) is 11.2. The first-order valence-electron chi connectivity index (χ1n) is 6.14. The van der Waals surface area contributed by atoms with Gasteiger partial charge in [0.1, 0.15) is 17.2 Å². The van der Waals surface area contributed by atoms with E-state index < -0.39 is 22.1 Å². The number of carbonyl (C=O) groups excluding carboxylic acids is 1. The number of rotatable bonds is 3. The Labute approximate surface area is 131 Å². The van der Waals surface area contributed by atoms with Gasteiger partial charge in [-0.15, -0.1) is 0 Å². The number of nitro benzene ring substituents is 1. The molecular formula is C12H7ClN6O4. The molecule has 1 aromatic carbocycles. The zero-order chi connectivity index (χ0) is 16.6. The van der Waals surface area contributed by atoms with Gasteiger partial charge in [-0.1, -0.05) is 11.6 Å². The van der Waals surface area contributed by atoms with Crippen LogP contribution < -0.4 is 10.9 Å². The molecule has 0 fully saturated rings. The van der Waals surface area contributed by atoms with Crippen LogP contribution >= 0.6 is 11.6 Å². The van der Waals surface area contributed by atoms with Gasteiger partial charge in [-0.2, -0.15) is 14.6 Å². The summed E-state index contributed by atoms with van der Waals surface area (Å²) in [5.41, 5.74) is -0.867. The number of amides is 1. The Bertz CT molecular complexity index is 995. The van der Waals surface area contributed by atoms with Gasteiger partial charge < -0.3 is 5.32 Å². The molecule has 23 heavy (non-hydrogen) atoms. The fraction of sp³-hybridized carbons (Fsp3) is 0. The van der Waals surface area contributed by atoms with Gasteiger partial charge in [0.05, 0.1) is 4.92 Å². The lowest BCUT2D eigenvalue weighted by atomic mass is 10.2. The molecule has 0 saturated heterocycles. The van der Waals surface area contributed by atoms with E-state index >= 15 is 0 Å². The monoisotopic (exact) mass is 334 g/mol. The van der Waals surface area contributed by atoms with Gasteiger partial charge in [-0.3, -0.25) is 24.7 Å². The maximum absolute atomic E-state index is 12.2. The molecule has 10 nitrogen and oxygen atoms in total. The lowest BCUT2D eigenvalue weighted by molar-refractivity contribution is -0.384. The Morgan fingerprint density at radius 3 is 2.91 bits per heavy atom. The van der Waals surface area contributed by atoms with E-state index in [2.05, 4.69) is 20.4 Å². The van der Waals surface area contributed by atoms with Crippen LogP contribution in [0.5, 0.6) is 0 Å². The predicted octanol–water partition coefficient (Wildman–Crippen LogP) is 1.23. The lowest BCUT2D eigenvalue weighted by Crippen LogP contribution is -2.18. The first-order chi connectivity index (χ1) is 11.0. The molecule has 0 aliphatic carbocycles. The predicted molar refractivity (Wildman–Crippen MR) is 79.7 cm³/mol. The number of nitro groups is 1. The smallest absolute Gasteiger partial charge is 0.288 e. The molecule has 0 aliphatic heterocycles. The van der Waals surface area contributed by atoms with Gasteiger partial charge in [0, 0.05) is 17.7 Å². The van der Waals surface area contributed by atoms with Crippen molar-refractivity contribution >= 4 is 34.8 Å². The number of carbonyl (C=O) groups is 1. The number of benzene rings is 1. The highest BCUT2D eigenvalue weighted by Crippen LogP contribution is 2.25. The summed E-state index contributed by atoms with van der Waals surface area (Å²) in [6.07, 6.45) is 1.20. The van der Waals surface area contributed by atoms with Crippen molar-refractivity contribution in [3.8, 4) is 0 Å². The highest BCUT2D eigenvalue weighted by atomic mass is 35.5. The third kappa shape index (κ3) is 2.74. The van der Waals surface area contributed by atoms with E-state index in [4.69, 9.17) is 11.6 Å². The quantitative estimate of drug-likeness (QED) is 0.546. The summed E-state index contributed by atoms with van der Waals surface area (Å²) < 4.78 is 1.21. The first kappa shape index (κ1) is 14.7. The molecule has 2 N–H and O–H groups in total. The molecule has 0 aliphatic rings. The van der Waals surface area contributed by atoms with Crippen LogP contribution in [-0.4, -0.2) is 30.4 Å². The SMILES string of the molecule is O=C(Nc1cc(=O)[nH]c2ncnn12)c1ccc(Cl)c([N+](=O)[O-])c1. The van der Waals surface area contributed by atoms with Gasteiger partial charge in [0.2, 0.25) is 5.78 Å². The minimum atomic E-state index is -0.692. The summed E-state index contributed by atoms with van der Waals surface area (Å²) in [6.45, 7) is 0. The topological polar surface area (TPSA) is 135 Å². The van der Waals surface area contributed by atoms with Gasteiger partial charge in [0.25, 0.3) is 17.2 Å². The summed E-state index contributed by atoms with van der Waals surface area (Å²) in [5, 5.41) is 17.1. The second kappa shape index (κ2) is 5.50. The van der Waals surface area contributed by atoms with E-state index in [-0.39, 0.29) is 22.2 Å². The fourth-order valence-corrected chi connectivity index (χ4v) is 2.09. The highest BCUT2D eigenvalue weighted by Gasteiger charge is 2.17. The number of halogens is 1. The second-order valence-electron chi connectivity index (χ2n) is 4.39. The van der Waals surface area contributed by atoms with Crippen molar-refractivity contribution in [2.45, 2.75) is 0 Å². The fourth-order valence-electron chi connectivity index (χ4n) is 1.91. The minimum Gasteiger partial charge on any atom is -0.306 e. The molecule has 2 heterocycles. The molecule has 0 spiro atoms. The Kier molecular flexibility index (Phi) is 3.50. The van der Waals surface area contributed by atoms with Crippen LogP contribution in [0.2, 0.25) is 5.02 Å². The van der Waals surface area contributed by atoms with Crippen LogP contribution in [0.15, 0.2) is 35.4 Å². The van der Waals surface area contributed by atoms with E-state index in [1.165, 1.54) is 23.0 Å². The Morgan fingerprint density at radius 1 is 1.39 bits per heavy atom. The van der Waals surface area contributed by atoms with Crippen LogP contribution in [-0.2, 0) is 0 Å². The molecular weight excluding hydrogens is 328 g/mol. The second-order valence-corrected chi connectivity index (χ2v) is 4.80. The number of fused-ring (bicyclic) bond motifs is 1. The first-order valence-corrected chi connectivity index (χ1v) is 6.52. The number of aromatic nitrogens is 4. The molecule has 3 aromatic rings. The van der Waals surface area contributed by atoms with E-state index in [1.54, 1.807) is 0 Å². The number of anilines is 1. The average Bonchev–Trinajstić information content (AvgIpc) is 2.95. The standard InChI is InChI=1S/C12H7ClN6O4/c13-7-2-1-6(3-8(7)19(22)23)11(21)16-9-4-10(20)17-12-14-5-15-18(9)12/h1-5H,(H,16,21)(H,14,15,17,20). The third-order valence-electron chi connectivity index (χ3n) is 2.93. The Morgan fingerprint density at radius 2 is 2.17 bits per heavy atom. The van der Waals surface area contributed by atoms with Crippen LogP contribution in [0.4, 0.5) is 11.5 Å². The normalized spacial score (nSPS) is 10.7. The van der Waals surface area contributed by atoms with Gasteiger partial charge in [-0.25, -0.2) is 0 Å². The van der Waals surface area contributed by atoms with Gasteiger partial charge >= 0.3 is 0 Å². The molecule has 0 bridgehead atoms. The average molecular weight is 335 g/mol. The summed E-state index contributed by atoms with van der Waals surface area (Å²) >= 11 is 5.70. The maximum atomic E-state index is 12.2. The molecule has 2 aromatic heterocycles. The molecule has 0 atom stereocenters. The molecule has 0 unspecified atom stereocenters. The number of nitrogens with zero attached hydrogens (tertiary/aromatic N) is 4. The van der Waals surface area contributed by atoms with E-state index in [0.29, 0.717) is 0 Å². The summed E-state index contributed by atoms with van der Waals surface area (Å²) in [5.74, 6) is -0.439. The number of H-pyrrole nitrogens is 1. The molecule has 11 heteroatoms. The van der Waals surface area contributed by atoms with Crippen LogP contribution in [0.25, 0.3) is 5.78 Å². The third-order valence-corrected chi connectivity index (χ3v) is 3.24. The van der Waals surface area contributed by atoms with Crippen molar-refractivity contribution in [2.24, 2.45) is 0 Å². The Hall–Kier alpha value is -3.27. The van der Waals surface area contributed by atoms with E-state index in [0.717, 1.165) is 12.1 Å². The highest BCUT2D eigenvalue weighted by molar-refractivity contribution is 6.32. The summed E-state index contributed by atoms with van der Waals surface area (Å²) in [4.78, 5) is 40.1. The van der Waals surface area contributed by atoms with Crippen molar-refractivity contribution < 1.29 is 9.72 Å². The maximum Gasteiger partial charge on any atom is 0.288 e. The van der Waals surface area contributed by atoms with Crippen molar-refractivity contribution in [1.82, 2.24) is 19.6 Å². The van der Waals surface area contributed by atoms with Crippen molar-refractivity contribution in [1.29, 1.82) is 0 Å². The number of hydrogen-bond donors (Lipinski definition) is 2. The van der Waals surface area contributed by atoms with Crippen LogP contribution in [0, 0.1) is 10.1 Å². The molecule has 0 radical (unpaired) electrons. The van der Waals surface area contributed by atoms with Crippen molar-refractivity contribution in [3.63, 3.8) is 0 Å². The van der Waals surface area contributed by atoms with E-state index in [1.807, 2.05) is 0 Å². The molecule has 1 amide bonds. The van der Waals surface area contributed by atoms with Crippen molar-refractivity contribution in [3.05, 3.63) is 61.6 Å². The molecule has 116 valence electrons. The van der Waals surface area contributed by atoms with Crippen LogP contribution in [0.3, 0.4) is 0 Å². The van der Waals surface area contributed by atoms with Crippen molar-refractivity contribution in [2.75, 3.05) is 5.32 Å². The number of aromatic amines is 1. The van der Waals surface area contributed by atoms with E-state index in [9.17, 15) is 19.7 Å². The molecule has 0 saturated carbocycles. The minimum absolute atomic E-state index is 0.00893. The molecule has 3 rings (SSSR count). The Balaban J connectivity index is 1.98. The number of hydrogen-bond acceptors (Lipinski definition) is 6. The summed E-state index contributed by atoms with van der Waals surface area (Å²) in [7, 11) is 0. The largest absolute Gasteiger partial charge is 0.306 e. The number of nitrogens with one attached hydrogen (secondary N) is 2. The van der Waals surface area contributed by atoms with Gasteiger partial charge in [-0.05, 0) is 12.1 Å². The zero-order valence-corrected chi connectivity index (χ0v) is 11.9. The lowest BCUT2D eigenvalue weighted by Gasteiger charge is -2.06. The van der Waals surface area contributed by atoms with Gasteiger partial charge in [0.15, 0.2) is 0 Å². The summed E-state index contributed by atoms with van der Waals surface area (Å²) in [6, 6.07) is 4.74.